The van der Waals surface area contributed by atoms with Crippen LogP contribution in [-0.2, 0) is 14.6 Å². The van der Waals surface area contributed by atoms with Gasteiger partial charge in [0.2, 0.25) is 5.91 Å². The Kier molecular flexibility index (Phi) is 5.75. The van der Waals surface area contributed by atoms with Gasteiger partial charge in [-0.1, -0.05) is 12.1 Å². The predicted octanol–water partition coefficient (Wildman–Crippen LogP) is 1.41. The van der Waals surface area contributed by atoms with Crippen LogP contribution in [0.1, 0.15) is 6.92 Å². The van der Waals surface area contributed by atoms with Gasteiger partial charge in [0.15, 0.2) is 9.84 Å². The highest BCUT2D eigenvalue weighted by Crippen LogP contribution is 2.23. The maximum Gasteiger partial charge on any atom is 0.239 e. The van der Waals surface area contributed by atoms with E-state index < -0.39 is 33.9 Å². The lowest BCUT2D eigenvalue weighted by Crippen LogP contribution is -2.25. The maximum absolute atomic E-state index is 12.0. The Labute approximate surface area is 111 Å². The smallest absolute Gasteiger partial charge is 0.239 e. The van der Waals surface area contributed by atoms with E-state index >= 15 is 0 Å². The van der Waals surface area contributed by atoms with Gasteiger partial charge in [-0.05, 0) is 19.1 Å². The molecule has 0 radical (unpaired) electrons. The van der Waals surface area contributed by atoms with Crippen LogP contribution < -0.4 is 10.1 Å². The second-order valence-electron chi connectivity index (χ2n) is 3.76. The molecule has 19 heavy (non-hydrogen) atoms. The van der Waals surface area contributed by atoms with Crippen molar-refractivity contribution < 1.29 is 22.3 Å². The summed E-state index contributed by atoms with van der Waals surface area (Å²) >= 11 is 0. The van der Waals surface area contributed by atoms with Gasteiger partial charge >= 0.3 is 0 Å². The van der Waals surface area contributed by atoms with Crippen LogP contribution in [0.5, 0.6) is 5.75 Å². The van der Waals surface area contributed by atoms with Crippen LogP contribution >= 0.6 is 0 Å². The van der Waals surface area contributed by atoms with Gasteiger partial charge < -0.3 is 10.1 Å². The first-order valence-electron chi connectivity index (χ1n) is 5.76. The average molecular weight is 289 g/mol. The summed E-state index contributed by atoms with van der Waals surface area (Å²) in [6.45, 7) is 1.22. The van der Waals surface area contributed by atoms with Gasteiger partial charge in [-0.2, -0.15) is 0 Å². The molecule has 1 rings (SSSR count). The molecule has 0 fully saturated rings. The standard InChI is InChI=1S/C12H16FNO4S/c1-2-18-11-6-4-3-5-10(11)14-12(15)9-19(16,17)8-7-13/h3-6H,2,7-9H2,1H3,(H,14,15). The highest BCUT2D eigenvalue weighted by Gasteiger charge is 2.17. The van der Waals surface area contributed by atoms with Crippen molar-refractivity contribution in [1.29, 1.82) is 0 Å². The number of rotatable bonds is 7. The molecular formula is C12H16FNO4S. The number of para-hydroxylation sites is 2. The molecule has 0 atom stereocenters. The second kappa shape index (κ2) is 7.08. The van der Waals surface area contributed by atoms with E-state index in [4.69, 9.17) is 4.74 Å². The van der Waals surface area contributed by atoms with Crippen LogP contribution in [0.15, 0.2) is 24.3 Å². The minimum Gasteiger partial charge on any atom is -0.492 e. The van der Waals surface area contributed by atoms with Gasteiger partial charge in [-0.25, -0.2) is 12.8 Å². The maximum atomic E-state index is 12.0. The molecule has 0 aromatic heterocycles. The molecule has 0 aliphatic rings. The molecule has 106 valence electrons. The van der Waals surface area contributed by atoms with Crippen LogP contribution in [0.4, 0.5) is 10.1 Å². The van der Waals surface area contributed by atoms with E-state index in [0.29, 0.717) is 18.0 Å². The van der Waals surface area contributed by atoms with Crippen LogP contribution in [0.3, 0.4) is 0 Å². The molecular weight excluding hydrogens is 273 g/mol. The van der Waals surface area contributed by atoms with Crippen molar-refractivity contribution in [1.82, 2.24) is 0 Å². The number of ether oxygens (including phenoxy) is 1. The number of carbonyl (C=O) groups excluding carboxylic acids is 1. The third-order valence-corrected chi connectivity index (χ3v) is 3.68. The zero-order valence-corrected chi connectivity index (χ0v) is 11.4. The first kappa shape index (κ1) is 15.4. The first-order chi connectivity index (χ1) is 8.98. The molecule has 0 bridgehead atoms. The highest BCUT2D eigenvalue weighted by molar-refractivity contribution is 7.92. The van der Waals surface area contributed by atoms with Crippen molar-refractivity contribution in [2.45, 2.75) is 6.92 Å². The molecule has 1 N–H and O–H groups in total. The molecule has 0 aliphatic carbocycles. The first-order valence-corrected chi connectivity index (χ1v) is 7.58. The SMILES string of the molecule is CCOc1ccccc1NC(=O)CS(=O)(=O)CCF. The Morgan fingerprint density at radius 1 is 1.37 bits per heavy atom. The van der Waals surface area contributed by atoms with Gasteiger partial charge in [0, 0.05) is 0 Å². The Hall–Kier alpha value is -1.63. The number of hydrogen-bond acceptors (Lipinski definition) is 4. The quantitative estimate of drug-likeness (QED) is 0.823. The van der Waals surface area contributed by atoms with Gasteiger partial charge in [0.05, 0.1) is 18.0 Å². The normalized spacial score (nSPS) is 11.1. The monoisotopic (exact) mass is 289 g/mol. The zero-order chi connectivity index (χ0) is 14.3. The zero-order valence-electron chi connectivity index (χ0n) is 10.6. The van der Waals surface area contributed by atoms with E-state index in [1.165, 1.54) is 0 Å². The van der Waals surface area contributed by atoms with Crippen molar-refractivity contribution in [2.75, 3.05) is 30.1 Å². The summed E-state index contributed by atoms with van der Waals surface area (Å²) in [6.07, 6.45) is 0. The lowest BCUT2D eigenvalue weighted by Gasteiger charge is -2.11. The largest absolute Gasteiger partial charge is 0.492 e. The van der Waals surface area contributed by atoms with E-state index in [1.54, 1.807) is 31.2 Å². The lowest BCUT2D eigenvalue weighted by atomic mass is 10.3. The third-order valence-electron chi connectivity index (χ3n) is 2.20. The summed E-state index contributed by atoms with van der Waals surface area (Å²) in [5.74, 6) is -1.63. The predicted molar refractivity (Wildman–Crippen MR) is 70.9 cm³/mol. The fourth-order valence-corrected chi connectivity index (χ4v) is 2.28. The third kappa shape index (κ3) is 5.25. The minimum atomic E-state index is -3.70. The second-order valence-corrected chi connectivity index (χ2v) is 5.94. The molecule has 0 unspecified atom stereocenters. The molecule has 0 saturated heterocycles. The van der Waals surface area contributed by atoms with Crippen molar-refractivity contribution in [3.8, 4) is 5.75 Å². The fraction of sp³-hybridized carbons (Fsp3) is 0.417. The summed E-state index contributed by atoms with van der Waals surface area (Å²) in [6, 6.07) is 6.69. The summed E-state index contributed by atoms with van der Waals surface area (Å²) in [5, 5.41) is 2.44. The Balaban J connectivity index is 2.72. The minimum absolute atomic E-state index is 0.393. The molecule has 7 heteroatoms. The summed E-state index contributed by atoms with van der Waals surface area (Å²) < 4.78 is 39.9. The number of halogens is 1. The fourth-order valence-electron chi connectivity index (χ4n) is 1.43. The Morgan fingerprint density at radius 3 is 2.68 bits per heavy atom. The number of hydrogen-bond donors (Lipinski definition) is 1. The summed E-state index contributed by atoms with van der Waals surface area (Å²) in [7, 11) is -3.70. The van der Waals surface area contributed by atoms with Crippen molar-refractivity contribution in [3.63, 3.8) is 0 Å². The van der Waals surface area contributed by atoms with Gasteiger partial charge in [0.25, 0.3) is 0 Å². The molecule has 0 spiro atoms. The number of nitrogens with one attached hydrogen (secondary N) is 1. The van der Waals surface area contributed by atoms with Crippen molar-refractivity contribution in [2.24, 2.45) is 0 Å². The molecule has 1 aromatic rings. The van der Waals surface area contributed by atoms with E-state index in [2.05, 4.69) is 5.32 Å². The molecule has 0 saturated carbocycles. The van der Waals surface area contributed by atoms with Gasteiger partial charge in [0.1, 0.15) is 18.2 Å². The number of sulfone groups is 1. The molecule has 0 aliphatic heterocycles. The molecule has 1 amide bonds. The van der Waals surface area contributed by atoms with E-state index in [-0.39, 0.29) is 0 Å². The van der Waals surface area contributed by atoms with E-state index in [1.807, 2.05) is 0 Å². The van der Waals surface area contributed by atoms with E-state index in [9.17, 15) is 17.6 Å². The number of benzene rings is 1. The number of anilines is 1. The average Bonchev–Trinajstić information content (AvgIpc) is 2.31. The molecule has 5 nitrogen and oxygen atoms in total. The van der Waals surface area contributed by atoms with Crippen LogP contribution in [-0.4, -0.2) is 39.1 Å². The topological polar surface area (TPSA) is 72.5 Å². The Bertz CT molecular complexity index is 530. The van der Waals surface area contributed by atoms with Crippen molar-refractivity contribution in [3.05, 3.63) is 24.3 Å². The lowest BCUT2D eigenvalue weighted by molar-refractivity contribution is -0.113. The van der Waals surface area contributed by atoms with Crippen LogP contribution in [0, 0.1) is 0 Å². The van der Waals surface area contributed by atoms with Crippen LogP contribution in [0.25, 0.3) is 0 Å². The molecule has 1 aromatic carbocycles. The summed E-state index contributed by atoms with van der Waals surface area (Å²) in [4.78, 5) is 11.6. The molecule has 0 heterocycles. The number of alkyl halides is 1. The van der Waals surface area contributed by atoms with Crippen LogP contribution in [0.2, 0.25) is 0 Å². The van der Waals surface area contributed by atoms with Gasteiger partial charge in [-0.15, -0.1) is 0 Å². The van der Waals surface area contributed by atoms with Gasteiger partial charge in [-0.3, -0.25) is 4.79 Å². The van der Waals surface area contributed by atoms with Crippen molar-refractivity contribution >= 4 is 21.4 Å². The van der Waals surface area contributed by atoms with E-state index in [0.717, 1.165) is 0 Å². The number of amides is 1. The Morgan fingerprint density at radius 2 is 2.05 bits per heavy atom. The number of carbonyl (C=O) groups is 1. The summed E-state index contributed by atoms with van der Waals surface area (Å²) in [5.41, 5.74) is 0.393. The highest BCUT2D eigenvalue weighted by atomic mass is 32.2.